The molecule has 3 aromatic rings. The van der Waals surface area contributed by atoms with Crippen LogP contribution >= 0.6 is 0 Å². The van der Waals surface area contributed by atoms with Gasteiger partial charge in [-0.25, -0.2) is 13.4 Å². The van der Waals surface area contributed by atoms with Gasteiger partial charge in [0, 0.05) is 18.3 Å². The molecule has 1 saturated carbocycles. The Labute approximate surface area is 199 Å². The molecule has 3 aromatic heterocycles. The second kappa shape index (κ2) is 9.63. The minimum absolute atomic E-state index is 0.0942. The number of rotatable bonds is 10. The molecule has 0 spiro atoms. The molecular formula is C22H29N7O4S. The van der Waals surface area contributed by atoms with Gasteiger partial charge in [0.2, 0.25) is 21.9 Å². The molecule has 34 heavy (non-hydrogen) atoms. The molecule has 0 aliphatic heterocycles. The maximum absolute atomic E-state index is 13.4. The molecule has 0 saturated heterocycles. The minimum Gasteiger partial charge on any atom is -0.481 e. The number of aromatic nitrogens is 6. The Hall–Kier alpha value is -3.12. The van der Waals surface area contributed by atoms with Crippen LogP contribution in [0.1, 0.15) is 57.1 Å². The molecule has 0 radical (unpaired) electrons. The molecule has 0 unspecified atom stereocenters. The van der Waals surface area contributed by atoms with E-state index in [4.69, 9.17) is 9.47 Å². The van der Waals surface area contributed by atoms with Crippen molar-refractivity contribution in [2.75, 3.05) is 11.8 Å². The summed E-state index contributed by atoms with van der Waals surface area (Å²) in [5.41, 5.74) is 1.73. The molecule has 1 fully saturated rings. The highest BCUT2D eigenvalue weighted by molar-refractivity contribution is 7.93. The molecular weight excluding hydrogens is 458 g/mol. The number of hydrogen-bond acceptors (Lipinski definition) is 9. The van der Waals surface area contributed by atoms with E-state index in [-0.39, 0.29) is 18.1 Å². The first-order valence-corrected chi connectivity index (χ1v) is 12.7. The van der Waals surface area contributed by atoms with Gasteiger partial charge in [0.25, 0.3) is 0 Å². The Bertz CT molecular complexity index is 1240. The molecule has 4 rings (SSSR count). The predicted molar refractivity (Wildman–Crippen MR) is 126 cm³/mol. The Morgan fingerprint density at radius 2 is 1.88 bits per heavy atom. The topological polar surface area (TPSA) is 134 Å². The molecule has 1 N–H and O–H groups in total. The van der Waals surface area contributed by atoms with Gasteiger partial charge in [0.05, 0.1) is 30.8 Å². The molecule has 1 aliphatic carbocycles. The molecule has 1 aliphatic rings. The van der Waals surface area contributed by atoms with Crippen LogP contribution in [0, 0.1) is 6.92 Å². The lowest BCUT2D eigenvalue weighted by Gasteiger charge is -2.26. The van der Waals surface area contributed by atoms with E-state index in [9.17, 15) is 8.42 Å². The third-order valence-corrected chi connectivity index (χ3v) is 7.12. The smallest absolute Gasteiger partial charge is 0.240 e. The number of nitrogens with zero attached hydrogens (tertiary/aromatic N) is 6. The average Bonchev–Trinajstić information content (AvgIpc) is 3.57. The largest absolute Gasteiger partial charge is 0.481 e. The fourth-order valence-corrected chi connectivity index (χ4v) is 4.62. The number of ether oxygens (including phenoxy) is 2. The first-order chi connectivity index (χ1) is 16.2. The summed E-state index contributed by atoms with van der Waals surface area (Å²) in [6.45, 7) is 7.09. The van der Waals surface area contributed by atoms with E-state index in [1.807, 2.05) is 20.8 Å². The molecule has 0 bridgehead atoms. The Kier molecular flexibility index (Phi) is 6.80. The van der Waals surface area contributed by atoms with Crippen molar-refractivity contribution in [1.82, 2.24) is 29.7 Å². The third kappa shape index (κ3) is 5.17. The first kappa shape index (κ1) is 24.0. The van der Waals surface area contributed by atoms with Crippen LogP contribution in [-0.4, -0.2) is 56.6 Å². The number of sulfonamides is 1. The van der Waals surface area contributed by atoms with Crippen LogP contribution < -0.4 is 9.46 Å². The summed E-state index contributed by atoms with van der Waals surface area (Å²) in [5.74, 6) is 1.06. The summed E-state index contributed by atoms with van der Waals surface area (Å²) in [7, 11) is -2.40. The fraction of sp³-hybridized carbons (Fsp3) is 0.500. The summed E-state index contributed by atoms with van der Waals surface area (Å²) >= 11 is 0. The van der Waals surface area contributed by atoms with Crippen molar-refractivity contribution in [1.29, 1.82) is 0 Å². The van der Waals surface area contributed by atoms with Crippen LogP contribution in [-0.2, 0) is 14.8 Å². The number of aryl methyl sites for hydroxylation is 1. The SMILES string of the molecule is COc1cccc(-c2nnc(NS(=O)(=O)[C@@H](C)[C@@H](OC(C)C)c3cnc(C)cn3)n2C2CC2)n1. The number of pyridine rings is 1. The van der Waals surface area contributed by atoms with E-state index in [0.29, 0.717) is 23.1 Å². The van der Waals surface area contributed by atoms with E-state index in [1.165, 1.54) is 7.11 Å². The van der Waals surface area contributed by atoms with Gasteiger partial charge in [-0.3, -0.25) is 19.3 Å². The van der Waals surface area contributed by atoms with Gasteiger partial charge in [-0.1, -0.05) is 6.07 Å². The van der Waals surface area contributed by atoms with Crippen LogP contribution in [0.4, 0.5) is 5.95 Å². The van der Waals surface area contributed by atoms with Gasteiger partial charge in [0.15, 0.2) is 5.82 Å². The lowest BCUT2D eigenvalue weighted by molar-refractivity contribution is 0.00394. The van der Waals surface area contributed by atoms with E-state index in [2.05, 4.69) is 29.9 Å². The van der Waals surface area contributed by atoms with Gasteiger partial charge in [-0.05, 0) is 46.6 Å². The molecule has 0 aromatic carbocycles. The number of nitrogens with one attached hydrogen (secondary N) is 1. The summed E-state index contributed by atoms with van der Waals surface area (Å²) in [6, 6.07) is 5.41. The third-order valence-electron chi connectivity index (χ3n) is 5.43. The lowest BCUT2D eigenvalue weighted by Crippen LogP contribution is -2.34. The van der Waals surface area contributed by atoms with Gasteiger partial charge in [-0.15, -0.1) is 10.2 Å². The highest BCUT2D eigenvalue weighted by Gasteiger charge is 2.37. The average molecular weight is 488 g/mol. The normalized spacial score (nSPS) is 15.8. The number of anilines is 1. The zero-order chi connectivity index (χ0) is 24.5. The minimum atomic E-state index is -3.94. The second-order valence-corrected chi connectivity index (χ2v) is 10.6. The summed E-state index contributed by atoms with van der Waals surface area (Å²) in [6.07, 6.45) is 3.91. The van der Waals surface area contributed by atoms with Crippen molar-refractivity contribution in [3.63, 3.8) is 0 Å². The van der Waals surface area contributed by atoms with Crippen LogP contribution in [0.25, 0.3) is 11.5 Å². The van der Waals surface area contributed by atoms with Crippen molar-refractivity contribution >= 4 is 16.0 Å². The van der Waals surface area contributed by atoms with E-state index in [1.54, 1.807) is 42.1 Å². The van der Waals surface area contributed by atoms with E-state index < -0.39 is 21.4 Å². The van der Waals surface area contributed by atoms with E-state index >= 15 is 0 Å². The monoisotopic (exact) mass is 487 g/mol. The zero-order valence-electron chi connectivity index (χ0n) is 19.8. The lowest BCUT2D eigenvalue weighted by atomic mass is 10.2. The van der Waals surface area contributed by atoms with Crippen molar-refractivity contribution in [3.05, 3.63) is 42.0 Å². The maximum Gasteiger partial charge on any atom is 0.240 e. The highest BCUT2D eigenvalue weighted by Crippen LogP contribution is 2.40. The summed E-state index contributed by atoms with van der Waals surface area (Å²) in [5, 5.41) is 7.42. The van der Waals surface area contributed by atoms with Crippen LogP contribution in [0.5, 0.6) is 5.88 Å². The second-order valence-electron chi connectivity index (χ2n) is 8.55. The predicted octanol–water partition coefficient (Wildman–Crippen LogP) is 3.08. The van der Waals surface area contributed by atoms with Crippen LogP contribution in [0.2, 0.25) is 0 Å². The van der Waals surface area contributed by atoms with Crippen molar-refractivity contribution in [3.8, 4) is 17.4 Å². The van der Waals surface area contributed by atoms with E-state index in [0.717, 1.165) is 18.5 Å². The van der Waals surface area contributed by atoms with Crippen molar-refractivity contribution < 1.29 is 17.9 Å². The molecule has 3 heterocycles. The van der Waals surface area contributed by atoms with Gasteiger partial charge >= 0.3 is 0 Å². The molecule has 11 nitrogen and oxygen atoms in total. The maximum atomic E-state index is 13.4. The molecule has 12 heteroatoms. The van der Waals surface area contributed by atoms with Gasteiger partial charge < -0.3 is 9.47 Å². The van der Waals surface area contributed by atoms with Crippen LogP contribution in [0.15, 0.2) is 30.6 Å². The molecule has 2 atom stereocenters. The van der Waals surface area contributed by atoms with Gasteiger partial charge in [-0.2, -0.15) is 0 Å². The summed E-state index contributed by atoms with van der Waals surface area (Å²) < 4.78 is 42.5. The Morgan fingerprint density at radius 3 is 2.50 bits per heavy atom. The Morgan fingerprint density at radius 1 is 1.12 bits per heavy atom. The molecule has 182 valence electrons. The van der Waals surface area contributed by atoms with Gasteiger partial charge in [0.1, 0.15) is 17.0 Å². The van der Waals surface area contributed by atoms with Crippen LogP contribution in [0.3, 0.4) is 0 Å². The molecule has 0 amide bonds. The van der Waals surface area contributed by atoms with Crippen molar-refractivity contribution in [2.24, 2.45) is 0 Å². The highest BCUT2D eigenvalue weighted by atomic mass is 32.2. The fourth-order valence-electron chi connectivity index (χ4n) is 3.51. The number of methoxy groups -OCH3 is 1. The Balaban J connectivity index is 1.65. The standard InChI is InChI=1S/C22H29N7O4S/c1-13(2)33-20(18-12-23-14(3)11-24-18)15(4)34(30,31)28-22-27-26-21(29(22)16-9-10-16)17-7-6-8-19(25-17)32-5/h6-8,11-13,15-16,20H,9-10H2,1-5H3,(H,27,28)/t15-,20+/m0/s1. The zero-order valence-corrected chi connectivity index (χ0v) is 20.7. The number of hydrogen-bond donors (Lipinski definition) is 1. The van der Waals surface area contributed by atoms with Crippen molar-refractivity contribution in [2.45, 2.75) is 64.0 Å². The first-order valence-electron chi connectivity index (χ1n) is 11.1. The summed E-state index contributed by atoms with van der Waals surface area (Å²) in [4.78, 5) is 13.0. The quantitative estimate of drug-likeness (QED) is 0.458.